The Morgan fingerprint density at radius 1 is 1.29 bits per heavy atom. The molecule has 0 aliphatic carbocycles. The topological polar surface area (TPSA) is 9.23 Å². The molecule has 0 aromatic heterocycles. The highest BCUT2D eigenvalue weighted by molar-refractivity contribution is 9.10. The maximum Gasteiger partial charge on any atom is 0.573 e. The van der Waals surface area contributed by atoms with Crippen molar-refractivity contribution in [1.29, 1.82) is 0 Å². The minimum absolute atomic E-state index is 0.212. The van der Waals surface area contributed by atoms with Crippen LogP contribution in [0.25, 0.3) is 0 Å². The molecule has 1 aromatic carbocycles. The predicted molar refractivity (Wildman–Crippen MR) is 52.6 cm³/mol. The van der Waals surface area contributed by atoms with E-state index in [1.54, 1.807) is 12.3 Å². The van der Waals surface area contributed by atoms with Crippen molar-refractivity contribution in [2.75, 3.05) is 6.26 Å². The van der Waals surface area contributed by atoms with Gasteiger partial charge in [-0.3, -0.25) is 0 Å². The van der Waals surface area contributed by atoms with E-state index in [4.69, 9.17) is 0 Å². The number of rotatable bonds is 2. The first kappa shape index (κ1) is 11.7. The van der Waals surface area contributed by atoms with Gasteiger partial charge in [0.25, 0.3) is 0 Å². The third-order valence-electron chi connectivity index (χ3n) is 1.31. The van der Waals surface area contributed by atoms with Crippen molar-refractivity contribution >= 4 is 27.7 Å². The molecule has 1 rings (SSSR count). The lowest BCUT2D eigenvalue weighted by molar-refractivity contribution is -0.274. The third-order valence-corrected chi connectivity index (χ3v) is 2.48. The molecule has 0 saturated heterocycles. The maximum atomic E-state index is 11.9. The van der Waals surface area contributed by atoms with Gasteiger partial charge < -0.3 is 4.74 Å². The largest absolute Gasteiger partial charge is 0.573 e. The number of ether oxygens (including phenoxy) is 1. The van der Waals surface area contributed by atoms with Crippen molar-refractivity contribution in [1.82, 2.24) is 0 Å². The summed E-state index contributed by atoms with van der Waals surface area (Å²) in [4.78, 5) is 0.707. The van der Waals surface area contributed by atoms with E-state index in [-0.39, 0.29) is 5.75 Å². The maximum absolute atomic E-state index is 11.9. The van der Waals surface area contributed by atoms with Crippen molar-refractivity contribution in [2.45, 2.75) is 11.3 Å². The summed E-state index contributed by atoms with van der Waals surface area (Å²) < 4.78 is 39.9. The average molecular weight is 287 g/mol. The number of halogens is 4. The summed E-state index contributed by atoms with van der Waals surface area (Å²) in [5.74, 6) is -0.212. The van der Waals surface area contributed by atoms with Crippen molar-refractivity contribution in [2.24, 2.45) is 0 Å². The van der Waals surface area contributed by atoms with Crippen LogP contribution in [0, 0.1) is 0 Å². The van der Waals surface area contributed by atoms with Gasteiger partial charge in [-0.05, 0) is 24.5 Å². The van der Waals surface area contributed by atoms with Crippen molar-refractivity contribution in [3.05, 3.63) is 22.7 Å². The molecular formula is C8H6BrF3OS. The second-order valence-corrected chi connectivity index (χ2v) is 4.17. The van der Waals surface area contributed by atoms with Crippen LogP contribution in [0.2, 0.25) is 0 Å². The van der Waals surface area contributed by atoms with E-state index in [0.29, 0.717) is 9.37 Å². The van der Waals surface area contributed by atoms with Gasteiger partial charge in [0, 0.05) is 9.37 Å². The fourth-order valence-electron chi connectivity index (χ4n) is 0.847. The Balaban J connectivity index is 2.92. The Labute approximate surface area is 91.8 Å². The van der Waals surface area contributed by atoms with Crippen LogP contribution >= 0.6 is 27.7 Å². The quantitative estimate of drug-likeness (QED) is 0.758. The highest BCUT2D eigenvalue weighted by Crippen LogP contribution is 2.30. The van der Waals surface area contributed by atoms with Gasteiger partial charge in [0.05, 0.1) is 0 Å². The summed E-state index contributed by atoms with van der Waals surface area (Å²) in [5.41, 5.74) is 0. The van der Waals surface area contributed by atoms with Crippen LogP contribution in [0.15, 0.2) is 27.6 Å². The SMILES string of the molecule is CSc1cc(Br)cc(OC(F)(F)F)c1. The van der Waals surface area contributed by atoms with Crippen molar-refractivity contribution < 1.29 is 17.9 Å². The van der Waals surface area contributed by atoms with Crippen LogP contribution in [-0.2, 0) is 0 Å². The lowest BCUT2D eigenvalue weighted by atomic mass is 10.3. The van der Waals surface area contributed by atoms with E-state index in [1.165, 1.54) is 23.9 Å². The van der Waals surface area contributed by atoms with Crippen LogP contribution in [0.1, 0.15) is 0 Å². The van der Waals surface area contributed by atoms with Gasteiger partial charge in [-0.2, -0.15) is 0 Å². The minimum atomic E-state index is -4.64. The summed E-state index contributed by atoms with van der Waals surface area (Å²) in [6, 6.07) is 4.32. The minimum Gasteiger partial charge on any atom is -0.406 e. The molecule has 0 aliphatic heterocycles. The van der Waals surface area contributed by atoms with E-state index in [9.17, 15) is 13.2 Å². The zero-order valence-corrected chi connectivity index (χ0v) is 9.46. The normalized spacial score (nSPS) is 11.5. The fourth-order valence-corrected chi connectivity index (χ4v) is 1.95. The molecule has 1 aromatic rings. The molecule has 0 bridgehead atoms. The smallest absolute Gasteiger partial charge is 0.406 e. The number of thioether (sulfide) groups is 1. The Hall–Kier alpha value is -0.360. The number of hydrogen-bond donors (Lipinski definition) is 0. The Morgan fingerprint density at radius 2 is 1.93 bits per heavy atom. The summed E-state index contributed by atoms with van der Waals surface area (Å²) in [5, 5.41) is 0. The number of hydrogen-bond acceptors (Lipinski definition) is 2. The summed E-state index contributed by atoms with van der Waals surface area (Å²) in [7, 11) is 0. The van der Waals surface area contributed by atoms with E-state index in [1.807, 2.05) is 0 Å². The van der Waals surface area contributed by atoms with Gasteiger partial charge in [-0.1, -0.05) is 15.9 Å². The lowest BCUT2D eigenvalue weighted by Crippen LogP contribution is -2.17. The van der Waals surface area contributed by atoms with Crippen LogP contribution in [0.4, 0.5) is 13.2 Å². The molecule has 78 valence electrons. The lowest BCUT2D eigenvalue weighted by Gasteiger charge is -2.09. The summed E-state index contributed by atoms with van der Waals surface area (Å²) in [6.45, 7) is 0. The van der Waals surface area contributed by atoms with Gasteiger partial charge >= 0.3 is 6.36 Å². The van der Waals surface area contributed by atoms with Crippen LogP contribution in [-0.4, -0.2) is 12.6 Å². The molecule has 0 unspecified atom stereocenters. The Bertz CT molecular complexity index is 327. The molecule has 0 amide bonds. The fraction of sp³-hybridized carbons (Fsp3) is 0.250. The molecule has 0 heterocycles. The zero-order chi connectivity index (χ0) is 10.8. The van der Waals surface area contributed by atoms with Crippen LogP contribution in [0.5, 0.6) is 5.75 Å². The van der Waals surface area contributed by atoms with Gasteiger partial charge in [0.2, 0.25) is 0 Å². The molecular weight excluding hydrogens is 281 g/mol. The van der Waals surface area contributed by atoms with Gasteiger partial charge in [-0.15, -0.1) is 24.9 Å². The first-order valence-electron chi connectivity index (χ1n) is 3.51. The standard InChI is InChI=1S/C8H6BrF3OS/c1-14-7-3-5(9)2-6(4-7)13-8(10,11)12/h2-4H,1H3. The van der Waals surface area contributed by atoms with Gasteiger partial charge in [0.15, 0.2) is 0 Å². The predicted octanol–water partition coefficient (Wildman–Crippen LogP) is 4.07. The van der Waals surface area contributed by atoms with E-state index in [0.717, 1.165) is 0 Å². The van der Waals surface area contributed by atoms with Crippen LogP contribution < -0.4 is 4.74 Å². The average Bonchev–Trinajstić information content (AvgIpc) is 1.99. The molecule has 0 N–H and O–H groups in total. The molecule has 0 radical (unpaired) electrons. The summed E-state index contributed by atoms with van der Waals surface area (Å²) >= 11 is 4.45. The van der Waals surface area contributed by atoms with Crippen molar-refractivity contribution in [3.8, 4) is 5.75 Å². The third kappa shape index (κ3) is 3.79. The Morgan fingerprint density at radius 3 is 2.43 bits per heavy atom. The first-order valence-corrected chi connectivity index (χ1v) is 5.53. The molecule has 0 aliphatic rings. The number of alkyl halides is 3. The molecule has 1 nitrogen and oxygen atoms in total. The number of benzene rings is 1. The van der Waals surface area contributed by atoms with Gasteiger partial charge in [-0.25, -0.2) is 0 Å². The molecule has 14 heavy (non-hydrogen) atoms. The van der Waals surface area contributed by atoms with Gasteiger partial charge in [0.1, 0.15) is 5.75 Å². The van der Waals surface area contributed by atoms with E-state index in [2.05, 4.69) is 20.7 Å². The van der Waals surface area contributed by atoms with Crippen molar-refractivity contribution in [3.63, 3.8) is 0 Å². The highest BCUT2D eigenvalue weighted by atomic mass is 79.9. The second-order valence-electron chi connectivity index (χ2n) is 2.37. The molecule has 0 saturated carbocycles. The Kier molecular flexibility index (Phi) is 3.71. The first-order chi connectivity index (χ1) is 6.40. The van der Waals surface area contributed by atoms with Crippen LogP contribution in [0.3, 0.4) is 0 Å². The zero-order valence-electron chi connectivity index (χ0n) is 7.06. The van der Waals surface area contributed by atoms with E-state index >= 15 is 0 Å². The molecule has 0 fully saturated rings. The molecule has 6 heteroatoms. The monoisotopic (exact) mass is 286 g/mol. The second kappa shape index (κ2) is 4.44. The molecule has 0 spiro atoms. The van der Waals surface area contributed by atoms with E-state index < -0.39 is 6.36 Å². The molecule has 0 atom stereocenters. The summed E-state index contributed by atoms with van der Waals surface area (Å²) in [6.07, 6.45) is -2.87. The highest BCUT2D eigenvalue weighted by Gasteiger charge is 2.31.